The van der Waals surface area contributed by atoms with Gasteiger partial charge in [0.1, 0.15) is 11.5 Å². The lowest BCUT2D eigenvalue weighted by Crippen LogP contribution is -2.30. The maximum atomic E-state index is 12.0. The molecular weight excluding hydrogens is 294 g/mol. The van der Waals surface area contributed by atoms with E-state index in [0.717, 1.165) is 21.5 Å². The molecule has 7 heteroatoms. The zero-order valence-electron chi connectivity index (χ0n) is 13.0. The molecular formula is C16H17N5O2. The van der Waals surface area contributed by atoms with Crippen LogP contribution in [-0.2, 0) is 20.5 Å². The van der Waals surface area contributed by atoms with Gasteiger partial charge in [-0.3, -0.25) is 9.59 Å². The molecule has 0 saturated carbocycles. The number of aromatic nitrogens is 4. The fourth-order valence-electron chi connectivity index (χ4n) is 2.42. The van der Waals surface area contributed by atoms with Crippen molar-refractivity contribution in [3.05, 3.63) is 58.3 Å². The number of benzene rings is 1. The molecule has 0 saturated heterocycles. The largest absolute Gasteiger partial charge is 0.350 e. The van der Waals surface area contributed by atoms with Crippen LogP contribution in [-0.4, -0.2) is 31.8 Å². The summed E-state index contributed by atoms with van der Waals surface area (Å²) in [6.45, 7) is 0.445. The number of para-hydroxylation sites is 2. The van der Waals surface area contributed by atoms with E-state index in [-0.39, 0.29) is 17.2 Å². The van der Waals surface area contributed by atoms with Gasteiger partial charge in [-0.05, 0) is 18.2 Å². The second-order valence-corrected chi connectivity index (χ2v) is 5.26. The minimum atomic E-state index is -0.306. The number of fused-ring (bicyclic) bond motifs is 1. The molecule has 0 radical (unpaired) electrons. The van der Waals surface area contributed by atoms with Crippen LogP contribution in [0.15, 0.2) is 41.2 Å². The molecule has 1 amide bonds. The van der Waals surface area contributed by atoms with E-state index in [4.69, 9.17) is 0 Å². The minimum Gasteiger partial charge on any atom is -0.350 e. The molecule has 3 aromatic rings. The van der Waals surface area contributed by atoms with Crippen LogP contribution < -0.4 is 10.9 Å². The molecule has 23 heavy (non-hydrogen) atoms. The first-order valence-corrected chi connectivity index (χ1v) is 7.29. The SMILES string of the molecule is Cn1nc(C(=O)NCCc2nc3ccccc3n2C)ccc1=O. The van der Waals surface area contributed by atoms with Crippen molar-refractivity contribution in [2.75, 3.05) is 6.54 Å². The Balaban J connectivity index is 1.66. The van der Waals surface area contributed by atoms with Gasteiger partial charge < -0.3 is 9.88 Å². The van der Waals surface area contributed by atoms with Gasteiger partial charge in [0.15, 0.2) is 0 Å². The number of imidazole rings is 1. The maximum absolute atomic E-state index is 12.0. The topological polar surface area (TPSA) is 81.8 Å². The van der Waals surface area contributed by atoms with Crippen LogP contribution in [0.2, 0.25) is 0 Å². The number of hydrogen-bond acceptors (Lipinski definition) is 4. The Morgan fingerprint density at radius 1 is 1.17 bits per heavy atom. The zero-order chi connectivity index (χ0) is 16.4. The van der Waals surface area contributed by atoms with Gasteiger partial charge in [-0.1, -0.05) is 12.1 Å². The molecule has 0 aliphatic heterocycles. The summed E-state index contributed by atoms with van der Waals surface area (Å²) < 4.78 is 3.16. The van der Waals surface area contributed by atoms with Crippen molar-refractivity contribution in [2.24, 2.45) is 14.1 Å². The van der Waals surface area contributed by atoms with Gasteiger partial charge in [0.2, 0.25) is 0 Å². The van der Waals surface area contributed by atoms with Crippen LogP contribution in [0.1, 0.15) is 16.3 Å². The number of rotatable bonds is 4. The van der Waals surface area contributed by atoms with Gasteiger partial charge >= 0.3 is 0 Å². The molecule has 1 aromatic carbocycles. The molecule has 0 unspecified atom stereocenters. The van der Waals surface area contributed by atoms with Crippen LogP contribution in [0.5, 0.6) is 0 Å². The van der Waals surface area contributed by atoms with Crippen molar-refractivity contribution < 1.29 is 4.79 Å². The predicted octanol–water partition coefficient (Wildman–Crippen LogP) is 0.639. The Bertz CT molecular complexity index is 926. The molecule has 2 heterocycles. The summed E-state index contributed by atoms with van der Waals surface area (Å²) in [5.41, 5.74) is 1.97. The highest BCUT2D eigenvalue weighted by molar-refractivity contribution is 5.91. The summed E-state index contributed by atoms with van der Waals surface area (Å²) in [4.78, 5) is 27.9. The fourth-order valence-corrected chi connectivity index (χ4v) is 2.42. The summed E-state index contributed by atoms with van der Waals surface area (Å²) in [6.07, 6.45) is 0.614. The smallest absolute Gasteiger partial charge is 0.271 e. The third kappa shape index (κ3) is 2.98. The number of aryl methyl sites for hydroxylation is 2. The number of carbonyl (C=O) groups excluding carboxylic acids is 1. The average Bonchev–Trinajstić information content (AvgIpc) is 2.87. The van der Waals surface area contributed by atoms with E-state index in [1.807, 2.05) is 35.9 Å². The van der Waals surface area contributed by atoms with Gasteiger partial charge in [0.25, 0.3) is 11.5 Å². The van der Waals surface area contributed by atoms with E-state index < -0.39 is 0 Å². The Kier molecular flexibility index (Phi) is 3.92. The minimum absolute atomic E-state index is 0.220. The zero-order valence-corrected chi connectivity index (χ0v) is 13.0. The molecule has 0 aliphatic carbocycles. The molecule has 118 valence electrons. The monoisotopic (exact) mass is 311 g/mol. The first-order valence-electron chi connectivity index (χ1n) is 7.29. The molecule has 7 nitrogen and oxygen atoms in total. The first-order chi connectivity index (χ1) is 11.1. The molecule has 0 spiro atoms. The van der Waals surface area contributed by atoms with Crippen molar-refractivity contribution in [1.82, 2.24) is 24.6 Å². The Morgan fingerprint density at radius 2 is 1.96 bits per heavy atom. The summed E-state index contributed by atoms with van der Waals surface area (Å²) in [7, 11) is 3.47. The van der Waals surface area contributed by atoms with Crippen molar-refractivity contribution in [2.45, 2.75) is 6.42 Å². The van der Waals surface area contributed by atoms with Crippen LogP contribution >= 0.6 is 0 Å². The standard InChI is InChI=1S/C16H17N5O2/c1-20-13-6-4-3-5-11(13)18-14(20)9-10-17-16(23)12-7-8-15(22)21(2)19-12/h3-8H,9-10H2,1-2H3,(H,17,23). The van der Waals surface area contributed by atoms with Gasteiger partial charge in [-0.2, -0.15) is 5.10 Å². The van der Waals surface area contributed by atoms with Crippen LogP contribution in [0.25, 0.3) is 11.0 Å². The molecule has 3 rings (SSSR count). The lowest BCUT2D eigenvalue weighted by molar-refractivity contribution is 0.0946. The summed E-state index contributed by atoms with van der Waals surface area (Å²) in [5, 5.41) is 6.72. The summed E-state index contributed by atoms with van der Waals surface area (Å²) in [6, 6.07) is 10.7. The number of nitrogens with zero attached hydrogens (tertiary/aromatic N) is 4. The Morgan fingerprint density at radius 3 is 2.70 bits per heavy atom. The van der Waals surface area contributed by atoms with Crippen molar-refractivity contribution in [3.8, 4) is 0 Å². The van der Waals surface area contributed by atoms with Crippen molar-refractivity contribution in [1.29, 1.82) is 0 Å². The predicted molar refractivity (Wildman–Crippen MR) is 86.2 cm³/mol. The van der Waals surface area contributed by atoms with E-state index in [0.29, 0.717) is 13.0 Å². The highest BCUT2D eigenvalue weighted by Gasteiger charge is 2.10. The van der Waals surface area contributed by atoms with E-state index in [1.54, 1.807) is 0 Å². The molecule has 0 fully saturated rings. The average molecular weight is 311 g/mol. The van der Waals surface area contributed by atoms with E-state index in [2.05, 4.69) is 15.4 Å². The number of hydrogen-bond donors (Lipinski definition) is 1. The second kappa shape index (κ2) is 6.04. The second-order valence-electron chi connectivity index (χ2n) is 5.26. The normalized spacial score (nSPS) is 10.9. The Labute approximate surface area is 132 Å². The van der Waals surface area contributed by atoms with Crippen LogP contribution in [0.4, 0.5) is 0 Å². The van der Waals surface area contributed by atoms with Gasteiger partial charge in [-0.25, -0.2) is 9.67 Å². The highest BCUT2D eigenvalue weighted by atomic mass is 16.2. The number of nitrogens with one attached hydrogen (secondary N) is 1. The molecule has 2 aromatic heterocycles. The van der Waals surface area contributed by atoms with Crippen LogP contribution in [0.3, 0.4) is 0 Å². The van der Waals surface area contributed by atoms with Crippen molar-refractivity contribution in [3.63, 3.8) is 0 Å². The van der Waals surface area contributed by atoms with E-state index in [9.17, 15) is 9.59 Å². The third-order valence-electron chi connectivity index (χ3n) is 3.71. The quantitative estimate of drug-likeness (QED) is 0.766. The molecule has 1 N–H and O–H groups in total. The maximum Gasteiger partial charge on any atom is 0.271 e. The first kappa shape index (κ1) is 15.0. The van der Waals surface area contributed by atoms with E-state index >= 15 is 0 Å². The summed E-state index contributed by atoms with van der Waals surface area (Å²) >= 11 is 0. The van der Waals surface area contributed by atoms with Crippen molar-refractivity contribution >= 4 is 16.9 Å². The lowest BCUT2D eigenvalue weighted by atomic mass is 10.3. The Hall–Kier alpha value is -2.96. The molecule has 0 atom stereocenters. The van der Waals surface area contributed by atoms with E-state index in [1.165, 1.54) is 19.2 Å². The fraction of sp³-hybridized carbons (Fsp3) is 0.250. The number of amides is 1. The molecule has 0 bridgehead atoms. The molecule has 0 aliphatic rings. The third-order valence-corrected chi connectivity index (χ3v) is 3.71. The van der Waals surface area contributed by atoms with Gasteiger partial charge in [0.05, 0.1) is 11.0 Å². The van der Waals surface area contributed by atoms with Crippen LogP contribution in [0, 0.1) is 0 Å². The lowest BCUT2D eigenvalue weighted by Gasteiger charge is -2.06. The highest BCUT2D eigenvalue weighted by Crippen LogP contribution is 2.14. The summed E-state index contributed by atoms with van der Waals surface area (Å²) in [5.74, 6) is 0.597. The van der Waals surface area contributed by atoms with Gasteiger partial charge in [0, 0.05) is 33.1 Å². The number of carbonyl (C=O) groups is 1. The van der Waals surface area contributed by atoms with Gasteiger partial charge in [-0.15, -0.1) is 0 Å².